The lowest BCUT2D eigenvalue weighted by Crippen LogP contribution is -1.95. The molecule has 0 unspecified atom stereocenters. The molecule has 1 aromatic carbocycles. The standard InChI is InChI=1S/C11H13N3O/c1-7-6-13-11(14-7)8-4-3-5-9(12)10(8)15-2/h3-6H,12H2,1-2H3,(H,13,14). The van der Waals surface area contributed by atoms with Crippen LogP contribution in [0.25, 0.3) is 11.4 Å². The van der Waals surface area contributed by atoms with E-state index in [9.17, 15) is 0 Å². The van der Waals surface area contributed by atoms with Crippen LogP contribution in [0.1, 0.15) is 5.69 Å². The summed E-state index contributed by atoms with van der Waals surface area (Å²) in [5.41, 5.74) is 8.31. The molecule has 0 aliphatic heterocycles. The van der Waals surface area contributed by atoms with Crippen LogP contribution in [0.5, 0.6) is 5.75 Å². The molecular weight excluding hydrogens is 190 g/mol. The monoisotopic (exact) mass is 203 g/mol. The van der Waals surface area contributed by atoms with Crippen molar-refractivity contribution in [3.05, 3.63) is 30.1 Å². The van der Waals surface area contributed by atoms with E-state index >= 15 is 0 Å². The molecule has 2 rings (SSSR count). The maximum absolute atomic E-state index is 5.81. The predicted molar refractivity (Wildman–Crippen MR) is 59.7 cm³/mol. The minimum Gasteiger partial charge on any atom is -0.494 e. The number of methoxy groups -OCH3 is 1. The Labute approximate surface area is 88.1 Å². The number of aromatic nitrogens is 2. The second kappa shape index (κ2) is 3.65. The van der Waals surface area contributed by atoms with Crippen molar-refractivity contribution in [1.29, 1.82) is 0 Å². The average molecular weight is 203 g/mol. The molecule has 0 fully saturated rings. The van der Waals surface area contributed by atoms with E-state index in [2.05, 4.69) is 9.97 Å². The third-order valence-electron chi connectivity index (χ3n) is 2.21. The highest BCUT2D eigenvalue weighted by molar-refractivity contribution is 5.73. The number of nitrogens with zero attached hydrogens (tertiary/aromatic N) is 1. The highest BCUT2D eigenvalue weighted by atomic mass is 16.5. The quantitative estimate of drug-likeness (QED) is 0.733. The van der Waals surface area contributed by atoms with Crippen molar-refractivity contribution in [2.45, 2.75) is 6.92 Å². The Bertz CT molecular complexity index is 476. The molecule has 0 bridgehead atoms. The van der Waals surface area contributed by atoms with Crippen LogP contribution in [-0.2, 0) is 0 Å². The van der Waals surface area contributed by atoms with Gasteiger partial charge in [-0.05, 0) is 19.1 Å². The fourth-order valence-electron chi connectivity index (χ4n) is 1.52. The number of aromatic amines is 1. The van der Waals surface area contributed by atoms with Crippen molar-refractivity contribution < 1.29 is 4.74 Å². The second-order valence-electron chi connectivity index (χ2n) is 3.34. The van der Waals surface area contributed by atoms with E-state index in [0.717, 1.165) is 17.1 Å². The molecule has 4 heteroatoms. The van der Waals surface area contributed by atoms with Crippen LogP contribution < -0.4 is 10.5 Å². The molecule has 0 aliphatic carbocycles. The number of aryl methyl sites for hydroxylation is 1. The molecule has 0 radical (unpaired) electrons. The van der Waals surface area contributed by atoms with Gasteiger partial charge in [-0.1, -0.05) is 6.07 Å². The number of nitrogens with one attached hydrogen (secondary N) is 1. The first-order valence-electron chi connectivity index (χ1n) is 4.67. The summed E-state index contributed by atoms with van der Waals surface area (Å²) in [5, 5.41) is 0. The molecule has 0 spiro atoms. The molecule has 1 heterocycles. The van der Waals surface area contributed by atoms with Crippen molar-refractivity contribution in [2.24, 2.45) is 0 Å². The van der Waals surface area contributed by atoms with Gasteiger partial charge in [-0.3, -0.25) is 0 Å². The zero-order chi connectivity index (χ0) is 10.8. The van der Waals surface area contributed by atoms with Gasteiger partial charge in [0.15, 0.2) is 5.75 Å². The van der Waals surface area contributed by atoms with Crippen molar-refractivity contribution in [1.82, 2.24) is 9.97 Å². The molecule has 1 aromatic heterocycles. The maximum atomic E-state index is 5.81. The van der Waals surface area contributed by atoms with Gasteiger partial charge in [-0.2, -0.15) is 0 Å². The number of imidazole rings is 1. The molecule has 0 aliphatic rings. The van der Waals surface area contributed by atoms with E-state index in [-0.39, 0.29) is 0 Å². The molecule has 0 saturated heterocycles. The van der Waals surface area contributed by atoms with Crippen molar-refractivity contribution in [2.75, 3.05) is 12.8 Å². The zero-order valence-corrected chi connectivity index (χ0v) is 8.74. The normalized spacial score (nSPS) is 10.3. The fraction of sp³-hybridized carbons (Fsp3) is 0.182. The van der Waals surface area contributed by atoms with E-state index in [4.69, 9.17) is 10.5 Å². The largest absolute Gasteiger partial charge is 0.494 e. The minimum absolute atomic E-state index is 0.615. The molecule has 15 heavy (non-hydrogen) atoms. The van der Waals surface area contributed by atoms with Crippen LogP contribution in [0.4, 0.5) is 5.69 Å². The van der Waals surface area contributed by atoms with Gasteiger partial charge < -0.3 is 15.5 Å². The topological polar surface area (TPSA) is 63.9 Å². The van der Waals surface area contributed by atoms with Crippen molar-refractivity contribution >= 4 is 5.69 Å². The fourth-order valence-corrected chi connectivity index (χ4v) is 1.52. The summed E-state index contributed by atoms with van der Waals surface area (Å²) in [7, 11) is 1.60. The van der Waals surface area contributed by atoms with Crippen LogP contribution in [0.3, 0.4) is 0 Å². The lowest BCUT2D eigenvalue weighted by molar-refractivity contribution is 0.418. The van der Waals surface area contributed by atoms with Gasteiger partial charge in [0.25, 0.3) is 0 Å². The smallest absolute Gasteiger partial charge is 0.152 e. The minimum atomic E-state index is 0.615. The third kappa shape index (κ3) is 1.66. The average Bonchev–Trinajstić information content (AvgIpc) is 2.64. The number of H-pyrrole nitrogens is 1. The van der Waals surface area contributed by atoms with Crippen LogP contribution in [0, 0.1) is 6.92 Å². The second-order valence-corrected chi connectivity index (χ2v) is 3.34. The van der Waals surface area contributed by atoms with Crippen LogP contribution in [0.2, 0.25) is 0 Å². The number of nitrogens with two attached hydrogens (primary N) is 1. The summed E-state index contributed by atoms with van der Waals surface area (Å²) in [6.45, 7) is 1.95. The number of nitrogen functional groups attached to an aromatic ring is 1. The summed E-state index contributed by atoms with van der Waals surface area (Å²) in [6, 6.07) is 5.61. The Morgan fingerprint density at radius 2 is 2.20 bits per heavy atom. The van der Waals surface area contributed by atoms with E-state index in [1.807, 2.05) is 19.1 Å². The first-order valence-corrected chi connectivity index (χ1v) is 4.67. The number of hydrogen-bond donors (Lipinski definition) is 2. The highest BCUT2D eigenvalue weighted by Gasteiger charge is 2.10. The van der Waals surface area contributed by atoms with E-state index in [0.29, 0.717) is 11.4 Å². The maximum Gasteiger partial charge on any atom is 0.152 e. The molecule has 0 atom stereocenters. The lowest BCUT2D eigenvalue weighted by Gasteiger charge is -2.08. The number of rotatable bonds is 2. The molecule has 0 saturated carbocycles. The molecule has 78 valence electrons. The highest BCUT2D eigenvalue weighted by Crippen LogP contribution is 2.32. The lowest BCUT2D eigenvalue weighted by atomic mass is 10.1. The molecule has 0 amide bonds. The molecule has 4 nitrogen and oxygen atoms in total. The zero-order valence-electron chi connectivity index (χ0n) is 8.74. The summed E-state index contributed by atoms with van der Waals surface area (Å²) in [5.74, 6) is 1.43. The Kier molecular flexibility index (Phi) is 2.33. The van der Waals surface area contributed by atoms with Gasteiger partial charge in [0, 0.05) is 11.9 Å². The summed E-state index contributed by atoms with van der Waals surface area (Å²) in [6.07, 6.45) is 1.78. The summed E-state index contributed by atoms with van der Waals surface area (Å²) >= 11 is 0. The number of ether oxygens (including phenoxy) is 1. The van der Waals surface area contributed by atoms with Gasteiger partial charge in [0.2, 0.25) is 0 Å². The first-order chi connectivity index (χ1) is 7.22. The van der Waals surface area contributed by atoms with Gasteiger partial charge in [-0.25, -0.2) is 4.98 Å². The van der Waals surface area contributed by atoms with Gasteiger partial charge in [0.1, 0.15) is 5.82 Å². The van der Waals surface area contributed by atoms with Crippen molar-refractivity contribution in [3.8, 4) is 17.1 Å². The van der Waals surface area contributed by atoms with Crippen LogP contribution in [-0.4, -0.2) is 17.1 Å². The molecule has 3 N–H and O–H groups in total. The van der Waals surface area contributed by atoms with Gasteiger partial charge in [-0.15, -0.1) is 0 Å². The summed E-state index contributed by atoms with van der Waals surface area (Å²) in [4.78, 5) is 7.39. The SMILES string of the molecule is COc1c(N)cccc1-c1ncc(C)[nH]1. The Hall–Kier alpha value is -1.97. The van der Waals surface area contributed by atoms with Gasteiger partial charge >= 0.3 is 0 Å². The summed E-state index contributed by atoms with van der Waals surface area (Å²) < 4.78 is 5.25. The third-order valence-corrected chi connectivity index (χ3v) is 2.21. The molecule has 2 aromatic rings. The van der Waals surface area contributed by atoms with E-state index in [1.54, 1.807) is 19.4 Å². The Balaban J connectivity index is 2.57. The number of para-hydroxylation sites is 1. The first kappa shape index (κ1) is 9.58. The Morgan fingerprint density at radius 3 is 2.80 bits per heavy atom. The van der Waals surface area contributed by atoms with Crippen LogP contribution in [0.15, 0.2) is 24.4 Å². The number of hydrogen-bond acceptors (Lipinski definition) is 3. The Morgan fingerprint density at radius 1 is 1.40 bits per heavy atom. The van der Waals surface area contributed by atoms with Crippen LogP contribution >= 0.6 is 0 Å². The molecular formula is C11H13N3O. The number of benzene rings is 1. The van der Waals surface area contributed by atoms with Crippen molar-refractivity contribution in [3.63, 3.8) is 0 Å². The van der Waals surface area contributed by atoms with Gasteiger partial charge in [0.05, 0.1) is 18.4 Å². The predicted octanol–water partition coefficient (Wildman–Crippen LogP) is 1.98. The number of anilines is 1. The van der Waals surface area contributed by atoms with E-state index < -0.39 is 0 Å². The van der Waals surface area contributed by atoms with E-state index in [1.165, 1.54) is 0 Å².